The molecule has 0 amide bonds. The molecular formula is C64H51NO. The fourth-order valence-corrected chi connectivity index (χ4v) is 9.98. The predicted molar refractivity (Wildman–Crippen MR) is 280 cm³/mol. The van der Waals surface area contributed by atoms with Crippen LogP contribution in [0.25, 0.3) is 79.9 Å². The molecule has 0 saturated heterocycles. The zero-order valence-electron chi connectivity index (χ0n) is 37.7. The molecule has 0 spiro atoms. The Morgan fingerprint density at radius 2 is 0.970 bits per heavy atom. The summed E-state index contributed by atoms with van der Waals surface area (Å²) in [6.07, 6.45) is 14.9. The van der Waals surface area contributed by atoms with Crippen LogP contribution in [0.5, 0.6) is 0 Å². The number of nitrogens with zero attached hydrogens (tertiary/aromatic N) is 1. The summed E-state index contributed by atoms with van der Waals surface area (Å²) in [5.41, 5.74) is 21.5. The van der Waals surface area contributed by atoms with Gasteiger partial charge in [-0.05, 0) is 158 Å². The SMILES string of the molecule is C/C=C\c1oc2c(c1/C=C/c1ccc(N(c3ccc(-c4cc(-c5ccccc5)cc(-c5ccccc5)c4)cc3)c3ccc4c(c3)C(C)(C)c3cc(-c5ccccc5)ccc3-4)cc1)C=CCC2. The Morgan fingerprint density at radius 1 is 0.470 bits per heavy atom. The summed E-state index contributed by atoms with van der Waals surface area (Å²) in [5.74, 6) is 1.98. The smallest absolute Gasteiger partial charge is 0.134 e. The van der Waals surface area contributed by atoms with Gasteiger partial charge in [-0.1, -0.05) is 172 Å². The molecule has 11 rings (SSSR count). The van der Waals surface area contributed by atoms with Crippen LogP contribution in [0.15, 0.2) is 211 Å². The van der Waals surface area contributed by atoms with Crippen LogP contribution in [-0.4, -0.2) is 0 Å². The van der Waals surface area contributed by atoms with Crippen LogP contribution in [0.2, 0.25) is 0 Å². The van der Waals surface area contributed by atoms with Crippen LogP contribution in [-0.2, 0) is 11.8 Å². The van der Waals surface area contributed by atoms with Gasteiger partial charge in [-0.2, -0.15) is 0 Å². The van der Waals surface area contributed by atoms with Crippen molar-refractivity contribution in [3.05, 3.63) is 246 Å². The van der Waals surface area contributed by atoms with Crippen molar-refractivity contribution in [1.82, 2.24) is 0 Å². The summed E-state index contributed by atoms with van der Waals surface area (Å²) >= 11 is 0. The molecule has 0 saturated carbocycles. The predicted octanol–water partition coefficient (Wildman–Crippen LogP) is 17.9. The van der Waals surface area contributed by atoms with Crippen molar-refractivity contribution in [2.75, 3.05) is 4.90 Å². The van der Waals surface area contributed by atoms with E-state index in [0.717, 1.165) is 52.6 Å². The molecule has 1 heterocycles. The maximum Gasteiger partial charge on any atom is 0.134 e. The molecule has 0 radical (unpaired) electrons. The van der Waals surface area contributed by atoms with Crippen LogP contribution in [0.1, 0.15) is 66.5 Å². The third kappa shape index (κ3) is 7.65. The standard InChI is InChI=1S/C64H51NO/c1-4-16-62-59(58-23-14-15-24-63(58)66-62)36-27-44-25-31-53(32-26-44)65(55-35-38-57-56-37-30-49(45-17-8-5-9-18-45)42-60(56)64(2,3)61(57)43-55)54-33-28-48(29-34-54)52-40-50(46-19-10-6-11-20-46)39-51(41-52)47-21-12-7-13-22-47/h4-14,16-23,25-43H,15,24H2,1-3H3/b16-4-,36-27+. The van der Waals surface area contributed by atoms with Gasteiger partial charge in [0.25, 0.3) is 0 Å². The molecule has 66 heavy (non-hydrogen) atoms. The third-order valence-electron chi connectivity index (χ3n) is 13.5. The average molecular weight is 850 g/mol. The van der Waals surface area contributed by atoms with E-state index in [1.165, 1.54) is 72.3 Å². The molecule has 2 nitrogen and oxygen atoms in total. The van der Waals surface area contributed by atoms with Crippen LogP contribution in [0, 0.1) is 0 Å². The van der Waals surface area contributed by atoms with E-state index in [1.807, 2.05) is 13.0 Å². The van der Waals surface area contributed by atoms with E-state index in [9.17, 15) is 0 Å². The lowest BCUT2D eigenvalue weighted by molar-refractivity contribution is 0.499. The van der Waals surface area contributed by atoms with Gasteiger partial charge in [0.05, 0.1) is 0 Å². The third-order valence-corrected chi connectivity index (χ3v) is 13.5. The van der Waals surface area contributed by atoms with E-state index >= 15 is 0 Å². The molecular weight excluding hydrogens is 799 g/mol. The van der Waals surface area contributed by atoms with Gasteiger partial charge < -0.3 is 9.32 Å². The summed E-state index contributed by atoms with van der Waals surface area (Å²) in [7, 11) is 0. The Kier molecular flexibility index (Phi) is 10.6. The van der Waals surface area contributed by atoms with Gasteiger partial charge in [-0.3, -0.25) is 0 Å². The van der Waals surface area contributed by atoms with Crippen LogP contribution in [0.3, 0.4) is 0 Å². The highest BCUT2D eigenvalue weighted by Crippen LogP contribution is 2.52. The molecule has 9 aromatic rings. The Morgan fingerprint density at radius 3 is 1.56 bits per heavy atom. The number of aryl methyl sites for hydroxylation is 1. The Hall–Kier alpha value is -7.94. The highest BCUT2D eigenvalue weighted by Gasteiger charge is 2.36. The zero-order chi connectivity index (χ0) is 44.6. The monoisotopic (exact) mass is 849 g/mol. The van der Waals surface area contributed by atoms with Crippen molar-refractivity contribution in [2.24, 2.45) is 0 Å². The minimum atomic E-state index is -0.191. The number of fused-ring (bicyclic) bond motifs is 4. The molecule has 2 aliphatic carbocycles. The second kappa shape index (κ2) is 17.2. The number of furan rings is 1. The lowest BCUT2D eigenvalue weighted by atomic mass is 9.81. The first-order valence-corrected chi connectivity index (χ1v) is 23.2. The molecule has 0 aliphatic heterocycles. The van der Waals surface area contributed by atoms with E-state index in [2.05, 4.69) is 243 Å². The van der Waals surface area contributed by atoms with E-state index in [4.69, 9.17) is 4.42 Å². The first kappa shape index (κ1) is 40.8. The number of rotatable bonds is 10. The molecule has 0 unspecified atom stereocenters. The Bertz CT molecular complexity index is 3240. The molecule has 2 aliphatic rings. The summed E-state index contributed by atoms with van der Waals surface area (Å²) < 4.78 is 6.30. The maximum absolute atomic E-state index is 6.30. The average Bonchev–Trinajstić information content (AvgIpc) is 3.84. The van der Waals surface area contributed by atoms with Gasteiger partial charge in [0.1, 0.15) is 11.5 Å². The second-order valence-corrected chi connectivity index (χ2v) is 18.0. The molecule has 0 atom stereocenters. The highest BCUT2D eigenvalue weighted by atomic mass is 16.3. The Balaban J connectivity index is 0.986. The first-order valence-electron chi connectivity index (χ1n) is 23.2. The summed E-state index contributed by atoms with van der Waals surface area (Å²) in [4.78, 5) is 2.41. The molecule has 2 heteroatoms. The van der Waals surface area contributed by atoms with Crippen molar-refractivity contribution in [3.8, 4) is 55.6 Å². The number of hydrogen-bond donors (Lipinski definition) is 0. The Labute approximate surface area is 389 Å². The van der Waals surface area contributed by atoms with Crippen molar-refractivity contribution < 1.29 is 4.42 Å². The molecule has 8 aromatic carbocycles. The normalized spacial score (nSPS) is 13.5. The quantitative estimate of drug-likeness (QED) is 0.136. The fourth-order valence-electron chi connectivity index (χ4n) is 9.98. The fraction of sp³-hybridized carbons (Fsp3) is 0.0938. The van der Waals surface area contributed by atoms with Crippen molar-refractivity contribution >= 4 is 41.4 Å². The van der Waals surface area contributed by atoms with E-state index in [0.29, 0.717) is 0 Å². The van der Waals surface area contributed by atoms with E-state index in [1.54, 1.807) is 0 Å². The molecule has 0 bridgehead atoms. The largest absolute Gasteiger partial charge is 0.460 e. The van der Waals surface area contributed by atoms with Crippen molar-refractivity contribution in [1.29, 1.82) is 0 Å². The number of benzene rings is 8. The summed E-state index contributed by atoms with van der Waals surface area (Å²) in [6.45, 7) is 6.79. The van der Waals surface area contributed by atoms with Gasteiger partial charge in [0.2, 0.25) is 0 Å². The lowest BCUT2D eigenvalue weighted by Crippen LogP contribution is -2.16. The van der Waals surface area contributed by atoms with Gasteiger partial charge >= 0.3 is 0 Å². The second-order valence-electron chi connectivity index (χ2n) is 18.0. The topological polar surface area (TPSA) is 16.4 Å². The number of allylic oxidation sites excluding steroid dienone is 2. The van der Waals surface area contributed by atoms with Gasteiger partial charge in [0.15, 0.2) is 0 Å². The molecule has 0 N–H and O–H groups in total. The highest BCUT2D eigenvalue weighted by molar-refractivity contribution is 5.89. The van der Waals surface area contributed by atoms with E-state index in [-0.39, 0.29) is 5.41 Å². The van der Waals surface area contributed by atoms with Gasteiger partial charge in [0, 0.05) is 40.0 Å². The minimum absolute atomic E-state index is 0.191. The molecule has 0 fully saturated rings. The molecule has 1 aromatic heterocycles. The van der Waals surface area contributed by atoms with Crippen LogP contribution in [0.4, 0.5) is 17.1 Å². The molecule has 318 valence electrons. The van der Waals surface area contributed by atoms with Crippen molar-refractivity contribution in [2.45, 2.75) is 39.0 Å². The minimum Gasteiger partial charge on any atom is -0.460 e. The van der Waals surface area contributed by atoms with Crippen molar-refractivity contribution in [3.63, 3.8) is 0 Å². The van der Waals surface area contributed by atoms with Crippen LogP contribution < -0.4 is 4.90 Å². The van der Waals surface area contributed by atoms with Crippen LogP contribution >= 0.6 is 0 Å². The van der Waals surface area contributed by atoms with Gasteiger partial charge in [-0.25, -0.2) is 0 Å². The zero-order valence-corrected chi connectivity index (χ0v) is 37.7. The number of hydrogen-bond acceptors (Lipinski definition) is 2. The summed E-state index contributed by atoms with van der Waals surface area (Å²) in [5, 5.41) is 0. The summed E-state index contributed by atoms with van der Waals surface area (Å²) in [6, 6.07) is 71.1. The lowest BCUT2D eigenvalue weighted by Gasteiger charge is -2.28. The first-order chi connectivity index (χ1) is 32.4. The van der Waals surface area contributed by atoms with E-state index < -0.39 is 0 Å². The maximum atomic E-state index is 6.30. The number of anilines is 3. The van der Waals surface area contributed by atoms with Gasteiger partial charge in [-0.15, -0.1) is 0 Å².